The zero-order chi connectivity index (χ0) is 25.6. The fraction of sp³-hybridized carbons (Fsp3) is 0.107. The van der Waals surface area contributed by atoms with Crippen LogP contribution in [0.3, 0.4) is 0 Å². The second-order valence-corrected chi connectivity index (χ2v) is 8.71. The molecule has 0 aliphatic rings. The Hall–Kier alpha value is -4.66. The number of nitrogens with one attached hydrogen (secondary N) is 2. The summed E-state index contributed by atoms with van der Waals surface area (Å²) in [6, 6.07) is 21.6. The zero-order valence-electron chi connectivity index (χ0n) is 19.4. The number of fused-ring (bicyclic) bond motifs is 3. The summed E-state index contributed by atoms with van der Waals surface area (Å²) >= 11 is 0. The fourth-order valence-electron chi connectivity index (χ4n) is 4.66. The van der Waals surface area contributed by atoms with Gasteiger partial charge in [0.15, 0.2) is 11.3 Å². The minimum Gasteiger partial charge on any atom is -0.361 e. The van der Waals surface area contributed by atoms with E-state index in [1.54, 1.807) is 12.1 Å². The van der Waals surface area contributed by atoms with E-state index >= 15 is 0 Å². The fourth-order valence-corrected chi connectivity index (χ4v) is 4.66. The average molecular weight is 499 g/mol. The Morgan fingerprint density at radius 2 is 1.73 bits per heavy atom. The molecule has 0 aliphatic heterocycles. The molecule has 0 spiro atoms. The van der Waals surface area contributed by atoms with Crippen LogP contribution >= 0.6 is 0 Å². The van der Waals surface area contributed by atoms with Gasteiger partial charge in [-0.1, -0.05) is 60.7 Å². The second kappa shape index (κ2) is 8.77. The molecule has 0 unspecified atom stereocenters. The maximum atomic E-state index is 14.0. The molecule has 6 aromatic rings. The molecule has 0 atom stereocenters. The van der Waals surface area contributed by atoms with Crippen LogP contribution in [0, 0.1) is 0 Å². The third kappa shape index (κ3) is 4.08. The van der Waals surface area contributed by atoms with E-state index in [2.05, 4.69) is 20.4 Å². The molecular weight excluding hydrogens is 479 g/mol. The highest BCUT2D eigenvalue weighted by Gasteiger charge is 2.36. The van der Waals surface area contributed by atoms with Gasteiger partial charge in [0, 0.05) is 29.2 Å². The SMILES string of the molecule is O=C(NCCc1c[nH]c2ccccc12)c1cnn2c(C(F)(F)F)cc(-c3cccc4ccccc34)nc12. The van der Waals surface area contributed by atoms with Gasteiger partial charge >= 0.3 is 6.18 Å². The van der Waals surface area contributed by atoms with Gasteiger partial charge in [-0.05, 0) is 34.9 Å². The van der Waals surface area contributed by atoms with E-state index in [9.17, 15) is 18.0 Å². The van der Waals surface area contributed by atoms with Crippen molar-refractivity contribution in [2.75, 3.05) is 6.54 Å². The van der Waals surface area contributed by atoms with E-state index in [4.69, 9.17) is 0 Å². The van der Waals surface area contributed by atoms with Crippen LogP contribution in [0.25, 0.3) is 38.6 Å². The van der Waals surface area contributed by atoms with Gasteiger partial charge in [-0.15, -0.1) is 0 Å². The van der Waals surface area contributed by atoms with Crippen molar-refractivity contribution in [1.82, 2.24) is 24.9 Å². The summed E-state index contributed by atoms with van der Waals surface area (Å²) in [5.74, 6) is -0.537. The number of aromatic nitrogens is 4. The molecule has 3 heterocycles. The number of amides is 1. The molecule has 0 fully saturated rings. The van der Waals surface area contributed by atoms with Crippen molar-refractivity contribution in [2.45, 2.75) is 12.6 Å². The Morgan fingerprint density at radius 1 is 0.973 bits per heavy atom. The van der Waals surface area contributed by atoms with E-state index < -0.39 is 17.8 Å². The molecule has 37 heavy (non-hydrogen) atoms. The van der Waals surface area contributed by atoms with Crippen molar-refractivity contribution in [3.63, 3.8) is 0 Å². The second-order valence-electron chi connectivity index (χ2n) is 8.71. The number of nitrogens with zero attached hydrogens (tertiary/aromatic N) is 3. The first-order valence-electron chi connectivity index (χ1n) is 11.7. The van der Waals surface area contributed by atoms with Gasteiger partial charge in [0.05, 0.1) is 11.9 Å². The molecular formula is C28H20F3N5O. The van der Waals surface area contributed by atoms with Gasteiger partial charge in [0.25, 0.3) is 5.91 Å². The van der Waals surface area contributed by atoms with E-state index in [-0.39, 0.29) is 16.9 Å². The molecule has 3 aromatic heterocycles. The Kier molecular flexibility index (Phi) is 5.40. The van der Waals surface area contributed by atoms with E-state index in [1.165, 1.54) is 0 Å². The lowest BCUT2D eigenvalue weighted by molar-refractivity contribution is -0.142. The van der Waals surface area contributed by atoms with Crippen LogP contribution in [0.15, 0.2) is 85.2 Å². The molecule has 0 saturated carbocycles. The summed E-state index contributed by atoms with van der Waals surface area (Å²) in [4.78, 5) is 20.7. The summed E-state index contributed by atoms with van der Waals surface area (Å²) in [5.41, 5.74) is 1.51. The van der Waals surface area contributed by atoms with Crippen molar-refractivity contribution in [2.24, 2.45) is 0 Å². The number of halogens is 3. The molecule has 2 N–H and O–H groups in total. The number of rotatable bonds is 5. The third-order valence-electron chi connectivity index (χ3n) is 6.43. The van der Waals surface area contributed by atoms with Gasteiger partial charge in [-0.2, -0.15) is 18.3 Å². The largest absolute Gasteiger partial charge is 0.433 e. The molecule has 1 amide bonds. The Balaban J connectivity index is 1.36. The zero-order valence-corrected chi connectivity index (χ0v) is 19.4. The lowest BCUT2D eigenvalue weighted by atomic mass is 10.0. The number of carbonyl (C=O) groups excluding carboxylic acids is 1. The van der Waals surface area contributed by atoms with Crippen LogP contribution < -0.4 is 5.32 Å². The highest BCUT2D eigenvalue weighted by Crippen LogP contribution is 2.34. The Morgan fingerprint density at radius 3 is 2.57 bits per heavy atom. The topological polar surface area (TPSA) is 75.1 Å². The lowest BCUT2D eigenvalue weighted by Crippen LogP contribution is -2.26. The minimum atomic E-state index is -4.70. The first kappa shape index (κ1) is 22.8. The number of carbonyl (C=O) groups is 1. The average Bonchev–Trinajstić information content (AvgIpc) is 3.51. The third-order valence-corrected chi connectivity index (χ3v) is 6.43. The quantitative estimate of drug-likeness (QED) is 0.305. The van der Waals surface area contributed by atoms with Gasteiger partial charge in [0.1, 0.15) is 5.56 Å². The lowest BCUT2D eigenvalue weighted by Gasteiger charge is -2.13. The van der Waals surface area contributed by atoms with Gasteiger partial charge in [0.2, 0.25) is 0 Å². The predicted octanol–water partition coefficient (Wildman–Crippen LogP) is 6.02. The molecule has 9 heteroatoms. The van der Waals surface area contributed by atoms with Gasteiger partial charge < -0.3 is 10.3 Å². The van der Waals surface area contributed by atoms with E-state index in [1.807, 2.05) is 60.8 Å². The van der Waals surface area contributed by atoms with Crippen molar-refractivity contribution in [1.29, 1.82) is 0 Å². The summed E-state index contributed by atoms with van der Waals surface area (Å²) in [5, 5.41) is 9.37. The van der Waals surface area contributed by atoms with E-state index in [0.29, 0.717) is 23.0 Å². The first-order valence-corrected chi connectivity index (χ1v) is 11.7. The number of alkyl halides is 3. The number of para-hydroxylation sites is 1. The van der Waals surface area contributed by atoms with Crippen LogP contribution in [-0.2, 0) is 12.6 Å². The summed E-state index contributed by atoms with van der Waals surface area (Å²) in [7, 11) is 0. The van der Waals surface area contributed by atoms with Gasteiger partial charge in [-0.25, -0.2) is 9.50 Å². The maximum Gasteiger partial charge on any atom is 0.433 e. The number of H-pyrrole nitrogens is 1. The standard InChI is InChI=1S/C28H20F3N5O/c29-28(30,31)25-14-24(21-10-5-7-17-6-1-2-8-19(17)21)35-26-22(16-34-36(25)26)27(37)32-13-12-18-15-33-23-11-4-3-9-20(18)23/h1-11,14-16,33H,12-13H2,(H,32,37). The summed E-state index contributed by atoms with van der Waals surface area (Å²) in [6.07, 6.45) is -1.13. The maximum absolute atomic E-state index is 14.0. The highest BCUT2D eigenvalue weighted by molar-refractivity contribution is 6.01. The monoisotopic (exact) mass is 499 g/mol. The van der Waals surface area contributed by atoms with Crippen LogP contribution in [0.1, 0.15) is 21.6 Å². The molecule has 6 nitrogen and oxygen atoms in total. The van der Waals surface area contributed by atoms with Crippen molar-refractivity contribution in [3.8, 4) is 11.3 Å². The molecule has 0 saturated heterocycles. The molecule has 0 bridgehead atoms. The van der Waals surface area contributed by atoms with Crippen LogP contribution in [-0.4, -0.2) is 32.0 Å². The van der Waals surface area contributed by atoms with Gasteiger partial charge in [-0.3, -0.25) is 4.79 Å². The first-order chi connectivity index (χ1) is 17.9. The minimum absolute atomic E-state index is 0.0217. The van der Waals surface area contributed by atoms with Crippen molar-refractivity contribution < 1.29 is 18.0 Å². The van der Waals surface area contributed by atoms with E-state index in [0.717, 1.165) is 39.5 Å². The van der Waals surface area contributed by atoms with Crippen LogP contribution in [0.5, 0.6) is 0 Å². The van der Waals surface area contributed by atoms with Crippen molar-refractivity contribution >= 4 is 33.2 Å². The van der Waals surface area contributed by atoms with Crippen LogP contribution in [0.4, 0.5) is 13.2 Å². The number of hydrogen-bond donors (Lipinski definition) is 2. The number of aromatic amines is 1. The number of benzene rings is 3. The highest BCUT2D eigenvalue weighted by atomic mass is 19.4. The molecule has 184 valence electrons. The summed E-state index contributed by atoms with van der Waals surface area (Å²) < 4.78 is 42.8. The molecule has 0 radical (unpaired) electrons. The Bertz CT molecular complexity index is 1780. The number of hydrogen-bond acceptors (Lipinski definition) is 3. The smallest absolute Gasteiger partial charge is 0.361 e. The summed E-state index contributed by atoms with van der Waals surface area (Å²) in [6.45, 7) is 0.299. The predicted molar refractivity (Wildman–Crippen MR) is 135 cm³/mol. The molecule has 3 aromatic carbocycles. The molecule has 6 rings (SSSR count). The van der Waals surface area contributed by atoms with Crippen LogP contribution in [0.2, 0.25) is 0 Å². The normalized spacial score (nSPS) is 12.0. The van der Waals surface area contributed by atoms with Crippen molar-refractivity contribution in [3.05, 3.63) is 102 Å². The molecule has 0 aliphatic carbocycles. The Labute approximate surface area is 208 Å².